The molecule has 0 aliphatic carbocycles. The maximum atomic E-state index is 5.84. The Bertz CT molecular complexity index is 308. The van der Waals surface area contributed by atoms with Gasteiger partial charge in [0.1, 0.15) is 5.15 Å². The van der Waals surface area contributed by atoms with Crippen molar-refractivity contribution >= 4 is 17.3 Å². The predicted octanol–water partition coefficient (Wildman–Crippen LogP) is 1.66. The van der Waals surface area contributed by atoms with E-state index in [0.29, 0.717) is 11.2 Å². The van der Waals surface area contributed by atoms with Gasteiger partial charge in [-0.3, -0.25) is 0 Å². The van der Waals surface area contributed by atoms with Crippen molar-refractivity contribution in [3.8, 4) is 0 Å². The van der Waals surface area contributed by atoms with E-state index in [1.807, 2.05) is 12.1 Å². The van der Waals surface area contributed by atoms with Crippen LogP contribution in [-0.4, -0.2) is 24.1 Å². The molecule has 1 saturated heterocycles. The second-order valence-electron chi connectivity index (χ2n) is 3.66. The van der Waals surface area contributed by atoms with Crippen LogP contribution in [0.3, 0.4) is 0 Å². The molecule has 0 saturated carbocycles. The van der Waals surface area contributed by atoms with Gasteiger partial charge in [-0.1, -0.05) is 11.6 Å². The summed E-state index contributed by atoms with van der Waals surface area (Å²) in [5, 5.41) is 0.553. The Kier molecular flexibility index (Phi) is 2.89. The molecule has 0 aromatic carbocycles. The molecule has 0 atom stereocenters. The molecule has 2 N–H and O–H groups in total. The van der Waals surface area contributed by atoms with Crippen LogP contribution in [-0.2, 0) is 0 Å². The molecule has 1 aromatic rings. The van der Waals surface area contributed by atoms with E-state index in [1.54, 1.807) is 6.20 Å². The zero-order valence-corrected chi connectivity index (χ0v) is 8.74. The van der Waals surface area contributed by atoms with Gasteiger partial charge in [0.25, 0.3) is 0 Å². The van der Waals surface area contributed by atoms with Gasteiger partial charge in [-0.15, -0.1) is 0 Å². The SMILES string of the molecule is NC1CCN(c2ccnc(Cl)c2)CC1. The molecule has 2 rings (SSSR count). The first-order valence-corrected chi connectivity index (χ1v) is 5.25. The second-order valence-corrected chi connectivity index (χ2v) is 4.05. The van der Waals surface area contributed by atoms with Crippen LogP contribution in [0.5, 0.6) is 0 Å². The van der Waals surface area contributed by atoms with E-state index in [2.05, 4.69) is 9.88 Å². The fourth-order valence-corrected chi connectivity index (χ4v) is 1.91. The Hall–Kier alpha value is -0.800. The number of rotatable bonds is 1. The topological polar surface area (TPSA) is 42.1 Å². The summed E-state index contributed by atoms with van der Waals surface area (Å²) in [6.07, 6.45) is 3.85. The lowest BCUT2D eigenvalue weighted by Gasteiger charge is -2.31. The van der Waals surface area contributed by atoms with Gasteiger partial charge in [0.2, 0.25) is 0 Å². The maximum Gasteiger partial charge on any atom is 0.131 e. The maximum absolute atomic E-state index is 5.84. The van der Waals surface area contributed by atoms with E-state index < -0.39 is 0 Å². The van der Waals surface area contributed by atoms with Crippen LogP contribution in [0.4, 0.5) is 5.69 Å². The van der Waals surface area contributed by atoms with Gasteiger partial charge < -0.3 is 10.6 Å². The fraction of sp³-hybridized carbons (Fsp3) is 0.500. The smallest absolute Gasteiger partial charge is 0.131 e. The highest BCUT2D eigenvalue weighted by atomic mass is 35.5. The first-order chi connectivity index (χ1) is 6.75. The van der Waals surface area contributed by atoms with Crippen molar-refractivity contribution in [3.63, 3.8) is 0 Å². The zero-order valence-electron chi connectivity index (χ0n) is 7.99. The van der Waals surface area contributed by atoms with Gasteiger partial charge in [-0.2, -0.15) is 0 Å². The van der Waals surface area contributed by atoms with Crippen molar-refractivity contribution in [2.75, 3.05) is 18.0 Å². The summed E-state index contributed by atoms with van der Waals surface area (Å²) in [7, 11) is 0. The summed E-state index contributed by atoms with van der Waals surface area (Å²) in [4.78, 5) is 6.27. The molecule has 0 unspecified atom stereocenters. The Morgan fingerprint density at radius 2 is 2.14 bits per heavy atom. The highest BCUT2D eigenvalue weighted by Crippen LogP contribution is 2.20. The molecular weight excluding hydrogens is 198 g/mol. The van der Waals surface area contributed by atoms with Crippen LogP contribution in [0.1, 0.15) is 12.8 Å². The number of nitrogens with two attached hydrogens (primary N) is 1. The van der Waals surface area contributed by atoms with Crippen molar-refractivity contribution in [3.05, 3.63) is 23.5 Å². The van der Waals surface area contributed by atoms with Gasteiger partial charge >= 0.3 is 0 Å². The lowest BCUT2D eigenvalue weighted by Crippen LogP contribution is -2.39. The molecule has 1 fully saturated rings. The van der Waals surface area contributed by atoms with Crippen molar-refractivity contribution < 1.29 is 0 Å². The molecule has 1 aliphatic heterocycles. The number of piperidine rings is 1. The summed E-state index contributed by atoms with van der Waals surface area (Å²) in [5.41, 5.74) is 6.99. The number of anilines is 1. The highest BCUT2D eigenvalue weighted by Gasteiger charge is 2.16. The van der Waals surface area contributed by atoms with E-state index in [4.69, 9.17) is 17.3 Å². The van der Waals surface area contributed by atoms with Crippen LogP contribution in [0.2, 0.25) is 5.15 Å². The standard InChI is InChI=1S/C10H14ClN3/c11-10-7-9(1-4-13-10)14-5-2-8(12)3-6-14/h1,4,7-8H,2-3,5-6,12H2. The molecule has 0 radical (unpaired) electrons. The minimum absolute atomic E-state index is 0.364. The fourth-order valence-electron chi connectivity index (χ4n) is 1.75. The average Bonchev–Trinajstić information content (AvgIpc) is 2.19. The summed E-state index contributed by atoms with van der Waals surface area (Å²) in [6.45, 7) is 2.03. The zero-order chi connectivity index (χ0) is 9.97. The molecule has 76 valence electrons. The van der Waals surface area contributed by atoms with E-state index >= 15 is 0 Å². The molecule has 1 aromatic heterocycles. The minimum atomic E-state index is 0.364. The lowest BCUT2D eigenvalue weighted by atomic mass is 10.1. The molecular formula is C10H14ClN3. The number of halogens is 1. The van der Waals surface area contributed by atoms with Crippen LogP contribution in [0, 0.1) is 0 Å². The summed E-state index contributed by atoms with van der Waals surface area (Å²) >= 11 is 5.83. The molecule has 0 bridgehead atoms. The number of nitrogens with zero attached hydrogens (tertiary/aromatic N) is 2. The Labute approximate surface area is 88.9 Å². The second kappa shape index (κ2) is 4.15. The van der Waals surface area contributed by atoms with Crippen LogP contribution >= 0.6 is 11.6 Å². The number of pyridine rings is 1. The average molecular weight is 212 g/mol. The van der Waals surface area contributed by atoms with Crippen molar-refractivity contribution in [1.82, 2.24) is 4.98 Å². The third-order valence-electron chi connectivity index (χ3n) is 2.61. The third-order valence-corrected chi connectivity index (χ3v) is 2.82. The molecule has 0 spiro atoms. The number of aromatic nitrogens is 1. The number of hydrogen-bond acceptors (Lipinski definition) is 3. The largest absolute Gasteiger partial charge is 0.371 e. The van der Waals surface area contributed by atoms with Gasteiger partial charge in [0, 0.05) is 31.0 Å². The summed E-state index contributed by atoms with van der Waals surface area (Å²) in [5.74, 6) is 0. The minimum Gasteiger partial charge on any atom is -0.371 e. The quantitative estimate of drug-likeness (QED) is 0.719. The predicted molar refractivity (Wildman–Crippen MR) is 58.7 cm³/mol. The van der Waals surface area contributed by atoms with Crippen molar-refractivity contribution in [2.45, 2.75) is 18.9 Å². The molecule has 0 amide bonds. The van der Waals surface area contributed by atoms with Crippen LogP contribution < -0.4 is 10.6 Å². The number of hydrogen-bond donors (Lipinski definition) is 1. The van der Waals surface area contributed by atoms with E-state index in [-0.39, 0.29) is 0 Å². The van der Waals surface area contributed by atoms with E-state index in [9.17, 15) is 0 Å². The third kappa shape index (κ3) is 2.16. The van der Waals surface area contributed by atoms with Crippen molar-refractivity contribution in [1.29, 1.82) is 0 Å². The Morgan fingerprint density at radius 3 is 2.79 bits per heavy atom. The molecule has 3 nitrogen and oxygen atoms in total. The van der Waals surface area contributed by atoms with Gasteiger partial charge in [-0.25, -0.2) is 4.98 Å². The van der Waals surface area contributed by atoms with E-state index in [1.165, 1.54) is 0 Å². The monoisotopic (exact) mass is 211 g/mol. The molecule has 2 heterocycles. The van der Waals surface area contributed by atoms with Gasteiger partial charge in [-0.05, 0) is 25.0 Å². The van der Waals surface area contributed by atoms with Crippen LogP contribution in [0.15, 0.2) is 18.3 Å². The van der Waals surface area contributed by atoms with E-state index in [0.717, 1.165) is 31.6 Å². The van der Waals surface area contributed by atoms with Gasteiger partial charge in [0.05, 0.1) is 0 Å². The lowest BCUT2D eigenvalue weighted by molar-refractivity contribution is 0.501. The molecule has 14 heavy (non-hydrogen) atoms. The van der Waals surface area contributed by atoms with Gasteiger partial charge in [0.15, 0.2) is 0 Å². The highest BCUT2D eigenvalue weighted by molar-refractivity contribution is 6.29. The first-order valence-electron chi connectivity index (χ1n) is 4.88. The summed E-state index contributed by atoms with van der Waals surface area (Å²) in [6, 6.07) is 4.25. The molecule has 1 aliphatic rings. The molecule has 4 heteroatoms. The Morgan fingerprint density at radius 1 is 1.43 bits per heavy atom. The normalized spacial score (nSPS) is 18.6. The Balaban J connectivity index is 2.08. The van der Waals surface area contributed by atoms with Crippen molar-refractivity contribution in [2.24, 2.45) is 5.73 Å². The van der Waals surface area contributed by atoms with Crippen LogP contribution in [0.25, 0.3) is 0 Å². The first kappa shape index (κ1) is 9.74. The summed E-state index contributed by atoms with van der Waals surface area (Å²) < 4.78 is 0.